The van der Waals surface area contributed by atoms with Crippen LogP contribution in [-0.4, -0.2) is 22.6 Å². The summed E-state index contributed by atoms with van der Waals surface area (Å²) in [6.07, 6.45) is 20.9. The van der Waals surface area contributed by atoms with E-state index in [1.54, 1.807) is 6.92 Å². The van der Waals surface area contributed by atoms with Crippen LogP contribution in [0.5, 0.6) is 0 Å². The van der Waals surface area contributed by atoms with E-state index in [1.165, 1.54) is 51.4 Å². The zero-order valence-corrected chi connectivity index (χ0v) is 16.5. The molecule has 1 N–H and O–H groups in total. The summed E-state index contributed by atoms with van der Waals surface area (Å²) in [7, 11) is 0. The van der Waals surface area contributed by atoms with E-state index in [4.69, 9.17) is 5.11 Å². The second-order valence-corrected chi connectivity index (χ2v) is 7.39. The Morgan fingerprint density at radius 1 is 1.00 bits per heavy atom. The van der Waals surface area contributed by atoms with Crippen molar-refractivity contribution in [2.45, 2.75) is 78.1 Å². The van der Waals surface area contributed by atoms with Gasteiger partial charge in [-0.2, -0.15) is 11.8 Å². The maximum atomic E-state index is 10.7. The second-order valence-electron chi connectivity index (χ2n) is 6.31. The first-order valence-electron chi connectivity index (χ1n) is 9.53. The Kier molecular flexibility index (Phi) is 17.7. The van der Waals surface area contributed by atoms with Gasteiger partial charge >= 0.3 is 5.97 Å². The third-order valence-corrected chi connectivity index (χ3v) is 4.79. The Morgan fingerprint density at radius 3 is 2.42 bits per heavy atom. The van der Waals surface area contributed by atoms with E-state index in [9.17, 15) is 4.79 Å². The third kappa shape index (κ3) is 17.4. The van der Waals surface area contributed by atoms with Crippen molar-refractivity contribution >= 4 is 17.7 Å². The van der Waals surface area contributed by atoms with Gasteiger partial charge in [0.15, 0.2) is 0 Å². The monoisotopic (exact) mass is 352 g/mol. The molecule has 0 fully saturated rings. The van der Waals surface area contributed by atoms with Crippen LogP contribution in [0.3, 0.4) is 0 Å². The summed E-state index contributed by atoms with van der Waals surface area (Å²) >= 11 is 1.88. The molecule has 0 aromatic rings. The predicted octanol–water partition coefficient (Wildman–Crippen LogP) is 6.63. The highest BCUT2D eigenvalue weighted by atomic mass is 32.2. The predicted molar refractivity (Wildman–Crippen MR) is 108 cm³/mol. The first-order valence-corrected chi connectivity index (χ1v) is 10.7. The number of rotatable bonds is 16. The van der Waals surface area contributed by atoms with Gasteiger partial charge in [-0.25, -0.2) is 0 Å². The molecule has 0 spiro atoms. The van der Waals surface area contributed by atoms with Crippen LogP contribution in [-0.2, 0) is 4.79 Å². The summed E-state index contributed by atoms with van der Waals surface area (Å²) in [5.41, 5.74) is 3.13. The standard InChI is InChI=1S/C21H36O2S/c1-3-4-5-6-7-8-9-10-12-15-18-24-19-16-13-11-14-17-20(2)21(22)23/h11-12,15-16,20H,3-10,14,17-19H2,1-2H3,(H,22,23)/b15-12-. The van der Waals surface area contributed by atoms with E-state index < -0.39 is 5.97 Å². The fraction of sp³-hybridized carbons (Fsp3) is 0.714. The van der Waals surface area contributed by atoms with Crippen molar-refractivity contribution in [1.82, 2.24) is 0 Å². The maximum Gasteiger partial charge on any atom is 0.306 e. The van der Waals surface area contributed by atoms with Crippen molar-refractivity contribution in [3.8, 4) is 0 Å². The Balaban J connectivity index is 3.36. The van der Waals surface area contributed by atoms with Gasteiger partial charge in [0.05, 0.1) is 5.92 Å². The second kappa shape index (κ2) is 18.4. The summed E-state index contributed by atoms with van der Waals surface area (Å²) < 4.78 is 0. The van der Waals surface area contributed by atoms with E-state index in [1.807, 2.05) is 23.9 Å². The lowest BCUT2D eigenvalue weighted by molar-refractivity contribution is -0.141. The topological polar surface area (TPSA) is 37.3 Å². The van der Waals surface area contributed by atoms with Crippen molar-refractivity contribution in [3.63, 3.8) is 0 Å². The molecule has 0 aliphatic heterocycles. The Morgan fingerprint density at radius 2 is 1.71 bits per heavy atom. The minimum Gasteiger partial charge on any atom is -0.481 e. The molecule has 0 radical (unpaired) electrons. The number of carboxylic acid groups (broad SMARTS) is 1. The zero-order valence-electron chi connectivity index (χ0n) is 15.6. The molecular weight excluding hydrogens is 316 g/mol. The summed E-state index contributed by atoms with van der Waals surface area (Å²) in [4.78, 5) is 10.7. The van der Waals surface area contributed by atoms with Crippen molar-refractivity contribution in [2.75, 3.05) is 11.5 Å². The van der Waals surface area contributed by atoms with E-state index in [0.29, 0.717) is 6.42 Å². The molecule has 0 aromatic heterocycles. The van der Waals surface area contributed by atoms with Crippen LogP contribution in [0.4, 0.5) is 0 Å². The molecule has 0 aliphatic carbocycles. The fourth-order valence-corrected chi connectivity index (χ4v) is 2.89. The number of carbonyl (C=O) groups is 1. The van der Waals surface area contributed by atoms with E-state index in [-0.39, 0.29) is 5.92 Å². The Hall–Kier alpha value is -0.920. The van der Waals surface area contributed by atoms with Crippen molar-refractivity contribution < 1.29 is 9.90 Å². The van der Waals surface area contributed by atoms with Gasteiger partial charge in [0.25, 0.3) is 0 Å². The average molecular weight is 353 g/mol. The summed E-state index contributed by atoms with van der Waals surface area (Å²) in [5, 5.41) is 8.77. The van der Waals surface area contributed by atoms with Crippen molar-refractivity contribution in [3.05, 3.63) is 30.0 Å². The van der Waals surface area contributed by atoms with E-state index >= 15 is 0 Å². The van der Waals surface area contributed by atoms with Crippen LogP contribution in [0.25, 0.3) is 0 Å². The number of hydrogen-bond donors (Lipinski definition) is 1. The van der Waals surface area contributed by atoms with Gasteiger partial charge in [-0.1, -0.05) is 64.5 Å². The highest BCUT2D eigenvalue weighted by Gasteiger charge is 2.08. The fourth-order valence-electron chi connectivity index (χ4n) is 2.27. The molecule has 0 rings (SSSR count). The van der Waals surface area contributed by atoms with Crippen LogP contribution in [0.15, 0.2) is 30.0 Å². The smallest absolute Gasteiger partial charge is 0.306 e. The van der Waals surface area contributed by atoms with E-state index in [2.05, 4.69) is 24.8 Å². The van der Waals surface area contributed by atoms with Gasteiger partial charge < -0.3 is 5.11 Å². The number of unbranched alkanes of at least 4 members (excludes halogenated alkanes) is 7. The zero-order chi connectivity index (χ0) is 17.9. The van der Waals surface area contributed by atoms with Gasteiger partial charge in [0, 0.05) is 11.5 Å². The van der Waals surface area contributed by atoms with Crippen LogP contribution >= 0.6 is 11.8 Å². The summed E-state index contributed by atoms with van der Waals surface area (Å²) in [5.74, 6) is 1.04. The molecule has 1 atom stereocenters. The van der Waals surface area contributed by atoms with Crippen LogP contribution in [0, 0.1) is 5.92 Å². The van der Waals surface area contributed by atoms with E-state index in [0.717, 1.165) is 17.9 Å². The Bertz CT molecular complexity index is 381. The minimum atomic E-state index is -0.716. The molecule has 0 amide bonds. The lowest BCUT2D eigenvalue weighted by Gasteiger charge is -2.00. The van der Waals surface area contributed by atoms with Gasteiger partial charge in [-0.15, -0.1) is 5.73 Å². The van der Waals surface area contributed by atoms with Crippen molar-refractivity contribution in [2.24, 2.45) is 5.92 Å². The average Bonchev–Trinajstić information content (AvgIpc) is 2.57. The van der Waals surface area contributed by atoms with Crippen LogP contribution < -0.4 is 0 Å². The number of aliphatic carboxylic acids is 1. The maximum absolute atomic E-state index is 10.7. The number of hydrogen-bond acceptors (Lipinski definition) is 2. The minimum absolute atomic E-state index is 0.265. The molecule has 0 saturated heterocycles. The number of carboxylic acids is 1. The van der Waals surface area contributed by atoms with Gasteiger partial charge in [-0.3, -0.25) is 4.79 Å². The van der Waals surface area contributed by atoms with Crippen LogP contribution in [0.2, 0.25) is 0 Å². The molecule has 24 heavy (non-hydrogen) atoms. The molecule has 2 nitrogen and oxygen atoms in total. The van der Waals surface area contributed by atoms with Crippen molar-refractivity contribution in [1.29, 1.82) is 0 Å². The normalized spacial score (nSPS) is 12.1. The molecule has 0 bridgehead atoms. The lowest BCUT2D eigenvalue weighted by Crippen LogP contribution is -2.08. The molecule has 0 aromatic carbocycles. The summed E-state index contributed by atoms with van der Waals surface area (Å²) in [6.45, 7) is 4.01. The molecule has 1 unspecified atom stereocenters. The summed E-state index contributed by atoms with van der Waals surface area (Å²) in [6, 6.07) is 0. The number of thioether (sulfide) groups is 1. The molecule has 0 aliphatic rings. The first kappa shape index (κ1) is 23.1. The van der Waals surface area contributed by atoms with Crippen LogP contribution in [0.1, 0.15) is 78.1 Å². The van der Waals surface area contributed by atoms with Gasteiger partial charge in [0.2, 0.25) is 0 Å². The Labute approximate surface area is 153 Å². The lowest BCUT2D eigenvalue weighted by atomic mass is 10.1. The highest BCUT2D eigenvalue weighted by molar-refractivity contribution is 7.99. The molecule has 3 heteroatoms. The number of allylic oxidation sites excluding steroid dienone is 1. The molecule has 0 saturated carbocycles. The first-order chi connectivity index (χ1) is 11.7. The molecule has 0 heterocycles. The largest absolute Gasteiger partial charge is 0.481 e. The SMILES string of the molecule is CCCCCCCCC/C=C\CSCC=C=CCCC(C)C(=O)O. The molecular formula is C21H36O2S. The van der Waals surface area contributed by atoms with Gasteiger partial charge in [-0.05, 0) is 37.8 Å². The molecule has 138 valence electrons. The quantitative estimate of drug-likeness (QED) is 0.192. The third-order valence-electron chi connectivity index (χ3n) is 3.96. The highest BCUT2D eigenvalue weighted by Crippen LogP contribution is 2.09. The van der Waals surface area contributed by atoms with Gasteiger partial charge in [0.1, 0.15) is 0 Å².